The topological polar surface area (TPSA) is 128 Å². The van der Waals surface area contributed by atoms with E-state index in [1.54, 1.807) is 31.4 Å². The van der Waals surface area contributed by atoms with Gasteiger partial charge >= 0.3 is 0 Å². The maximum atomic E-state index is 14.3. The first-order valence-electron chi connectivity index (χ1n) is 9.02. The summed E-state index contributed by atoms with van der Waals surface area (Å²) in [4.78, 5) is 16.5. The molecule has 2 aromatic heterocycles. The van der Waals surface area contributed by atoms with Gasteiger partial charge < -0.3 is 25.6 Å². The third-order valence-corrected chi connectivity index (χ3v) is 3.90. The minimum absolute atomic E-state index is 0.0418. The van der Waals surface area contributed by atoms with Gasteiger partial charge in [-0.15, -0.1) is 0 Å². The highest BCUT2D eigenvalue weighted by Gasteiger charge is 2.13. The predicted octanol–water partition coefficient (Wildman–Crippen LogP) is 2.56. The number of hydrogen-bond acceptors (Lipinski definition) is 8. The number of halogens is 1. The zero-order chi connectivity index (χ0) is 21.5. The summed E-state index contributed by atoms with van der Waals surface area (Å²) >= 11 is 0. The fourth-order valence-electron chi connectivity index (χ4n) is 2.48. The molecule has 0 aliphatic carbocycles. The van der Waals surface area contributed by atoms with Crippen LogP contribution >= 0.6 is 0 Å². The second kappa shape index (κ2) is 9.61. The number of ether oxygens (including phenoxy) is 2. The lowest BCUT2D eigenvalue weighted by atomic mass is 10.1. The van der Waals surface area contributed by atoms with Gasteiger partial charge in [0.2, 0.25) is 0 Å². The summed E-state index contributed by atoms with van der Waals surface area (Å²) in [5, 5.41) is 11.8. The van der Waals surface area contributed by atoms with Crippen molar-refractivity contribution < 1.29 is 19.0 Å². The molecule has 30 heavy (non-hydrogen) atoms. The Bertz CT molecular complexity index is 1040. The van der Waals surface area contributed by atoms with Gasteiger partial charge in [0.05, 0.1) is 30.9 Å². The van der Waals surface area contributed by atoms with E-state index in [2.05, 4.69) is 25.3 Å². The van der Waals surface area contributed by atoms with Crippen LogP contribution in [0, 0.1) is 12.7 Å². The third-order valence-electron chi connectivity index (χ3n) is 3.90. The van der Waals surface area contributed by atoms with E-state index in [1.165, 1.54) is 12.4 Å². The van der Waals surface area contributed by atoms with E-state index in [1.807, 2.05) is 6.92 Å². The zero-order valence-electron chi connectivity index (χ0n) is 16.5. The maximum Gasteiger partial charge on any atom is 0.256 e. The number of aliphatic hydroxyl groups is 1. The number of rotatable bonds is 8. The first-order valence-corrected chi connectivity index (χ1v) is 9.02. The average molecular weight is 412 g/mol. The van der Waals surface area contributed by atoms with Crippen LogP contribution in [-0.4, -0.2) is 46.2 Å². The molecule has 0 saturated carbocycles. The van der Waals surface area contributed by atoms with Gasteiger partial charge in [-0.3, -0.25) is 4.98 Å². The summed E-state index contributed by atoms with van der Waals surface area (Å²) in [7, 11) is 1.74. The number of nitrogens with one attached hydrogen (secondary N) is 1. The Morgan fingerprint density at radius 2 is 2.00 bits per heavy atom. The highest BCUT2D eigenvalue weighted by atomic mass is 19.1. The fraction of sp³-hybridized carbons (Fsp3) is 0.200. The molecule has 0 saturated heterocycles. The van der Waals surface area contributed by atoms with Gasteiger partial charge in [0.1, 0.15) is 23.9 Å². The van der Waals surface area contributed by atoms with Crippen molar-refractivity contribution in [3.63, 3.8) is 0 Å². The molecule has 156 valence electrons. The maximum absolute atomic E-state index is 14.3. The number of nitrogens with two attached hydrogens (primary N) is 1. The van der Waals surface area contributed by atoms with E-state index in [0.29, 0.717) is 22.8 Å². The first-order chi connectivity index (χ1) is 14.5. The molecule has 9 nitrogen and oxygen atoms in total. The zero-order valence-corrected chi connectivity index (χ0v) is 16.5. The fourth-order valence-corrected chi connectivity index (χ4v) is 2.48. The number of aryl methyl sites for hydroxylation is 1. The predicted molar refractivity (Wildman–Crippen MR) is 110 cm³/mol. The molecule has 0 aliphatic rings. The van der Waals surface area contributed by atoms with Crippen LogP contribution in [0.2, 0.25) is 0 Å². The van der Waals surface area contributed by atoms with E-state index in [9.17, 15) is 4.39 Å². The smallest absolute Gasteiger partial charge is 0.256 e. The molecule has 0 fully saturated rings. The van der Waals surface area contributed by atoms with Crippen LogP contribution in [-0.2, 0) is 0 Å². The van der Waals surface area contributed by atoms with Crippen molar-refractivity contribution in [3.05, 3.63) is 59.9 Å². The van der Waals surface area contributed by atoms with Crippen molar-refractivity contribution >= 4 is 17.3 Å². The summed E-state index contributed by atoms with van der Waals surface area (Å²) in [5.41, 5.74) is 8.17. The van der Waals surface area contributed by atoms with Gasteiger partial charge in [-0.25, -0.2) is 19.4 Å². The highest BCUT2D eigenvalue weighted by Crippen LogP contribution is 2.28. The van der Waals surface area contributed by atoms with E-state index in [-0.39, 0.29) is 30.7 Å². The van der Waals surface area contributed by atoms with Gasteiger partial charge in [-0.05, 0) is 25.1 Å². The Labute approximate surface area is 172 Å². The Morgan fingerprint density at radius 3 is 2.67 bits per heavy atom. The summed E-state index contributed by atoms with van der Waals surface area (Å²) in [6, 6.07) is 6.12. The summed E-state index contributed by atoms with van der Waals surface area (Å²) in [6.07, 6.45) is 4.41. The number of anilines is 1. The molecule has 0 spiro atoms. The first kappa shape index (κ1) is 20.9. The van der Waals surface area contributed by atoms with Gasteiger partial charge in [0.25, 0.3) is 5.88 Å². The van der Waals surface area contributed by atoms with Crippen molar-refractivity contribution in [1.29, 1.82) is 0 Å². The van der Waals surface area contributed by atoms with Crippen LogP contribution in [0.25, 0.3) is 0 Å². The van der Waals surface area contributed by atoms with Gasteiger partial charge in [0, 0.05) is 24.4 Å². The largest absolute Gasteiger partial charge is 0.489 e. The molecule has 3 aromatic rings. The lowest BCUT2D eigenvalue weighted by molar-refractivity contribution is 0.200. The van der Waals surface area contributed by atoms with Crippen molar-refractivity contribution in [2.75, 3.05) is 25.6 Å². The number of aliphatic hydroxyl groups excluding tert-OH is 1. The van der Waals surface area contributed by atoms with Crippen molar-refractivity contribution in [1.82, 2.24) is 15.0 Å². The lowest BCUT2D eigenvalue weighted by Crippen LogP contribution is -2.15. The Hall–Kier alpha value is -3.79. The minimum atomic E-state index is -0.707. The van der Waals surface area contributed by atoms with Crippen LogP contribution in [0.3, 0.4) is 0 Å². The molecule has 0 radical (unpaired) electrons. The molecule has 2 heterocycles. The molecule has 3 rings (SSSR count). The lowest BCUT2D eigenvalue weighted by Gasteiger charge is -2.12. The Morgan fingerprint density at radius 1 is 1.17 bits per heavy atom. The molecule has 0 atom stereocenters. The van der Waals surface area contributed by atoms with E-state index < -0.39 is 5.82 Å². The number of aliphatic imine (C=N–C) groups is 1. The third kappa shape index (κ3) is 5.17. The van der Waals surface area contributed by atoms with E-state index >= 15 is 0 Å². The highest BCUT2D eigenvalue weighted by molar-refractivity contribution is 6.03. The quantitative estimate of drug-likeness (QED) is 0.380. The van der Waals surface area contributed by atoms with Crippen molar-refractivity contribution in [2.24, 2.45) is 10.7 Å². The number of nitrogens with zero attached hydrogens (tertiary/aromatic N) is 4. The SMILES string of the molecule is CNc1ccc(Oc2ncc(OCCO)cc2F)cc1C(N)=Nc1cnc(C)cn1. The van der Waals surface area contributed by atoms with Crippen LogP contribution in [0.1, 0.15) is 11.3 Å². The van der Waals surface area contributed by atoms with Crippen molar-refractivity contribution in [3.8, 4) is 17.4 Å². The molecule has 4 N–H and O–H groups in total. The van der Waals surface area contributed by atoms with Gasteiger partial charge in [-0.1, -0.05) is 0 Å². The second-order valence-electron chi connectivity index (χ2n) is 6.10. The molecule has 0 aliphatic heterocycles. The summed E-state index contributed by atoms with van der Waals surface area (Å²) in [6.45, 7) is 1.68. The number of amidine groups is 1. The van der Waals surface area contributed by atoms with Crippen LogP contribution < -0.4 is 20.5 Å². The standard InChI is InChI=1S/C20H21FN6O3/c1-12-9-25-18(11-24-12)27-19(22)15-7-13(3-4-17(15)23-2)30-20-16(21)8-14(10-26-20)29-6-5-28/h3-4,7-11,23,28H,5-6H2,1-2H3,(H2,22,25,27). The normalized spacial score (nSPS) is 11.3. The van der Waals surface area contributed by atoms with Crippen LogP contribution in [0.4, 0.5) is 15.9 Å². The summed E-state index contributed by atoms with van der Waals surface area (Å²) < 4.78 is 25.0. The van der Waals surface area contributed by atoms with Crippen molar-refractivity contribution in [2.45, 2.75) is 6.92 Å². The molecule has 1 aromatic carbocycles. The van der Waals surface area contributed by atoms with E-state index in [0.717, 1.165) is 11.8 Å². The number of pyridine rings is 1. The molecular weight excluding hydrogens is 391 g/mol. The molecular formula is C20H21FN6O3. The number of hydrogen-bond donors (Lipinski definition) is 3. The van der Waals surface area contributed by atoms with Gasteiger partial charge in [-0.2, -0.15) is 0 Å². The molecule has 0 amide bonds. The van der Waals surface area contributed by atoms with Gasteiger partial charge in [0.15, 0.2) is 11.6 Å². The van der Waals surface area contributed by atoms with E-state index in [4.69, 9.17) is 20.3 Å². The average Bonchev–Trinajstić information content (AvgIpc) is 2.75. The Kier molecular flexibility index (Phi) is 6.71. The minimum Gasteiger partial charge on any atom is -0.489 e. The second-order valence-corrected chi connectivity index (χ2v) is 6.10. The van der Waals surface area contributed by atoms with Crippen LogP contribution in [0.15, 0.2) is 47.8 Å². The Balaban J connectivity index is 1.86. The molecule has 0 unspecified atom stereocenters. The number of aromatic nitrogens is 3. The molecule has 10 heteroatoms. The molecule has 0 bridgehead atoms. The number of benzene rings is 1. The van der Waals surface area contributed by atoms with Crippen LogP contribution in [0.5, 0.6) is 17.4 Å². The monoisotopic (exact) mass is 412 g/mol. The summed E-state index contributed by atoms with van der Waals surface area (Å²) in [5.74, 6) is 0.112.